The molecule has 3 N–H and O–H groups in total. The van der Waals surface area contributed by atoms with Crippen molar-refractivity contribution < 1.29 is 4.79 Å². The Hall–Kier alpha value is -1.97. The number of unbranched alkanes of at least 4 members (excludes halogenated alkanes) is 1. The molecule has 112 valence electrons. The molecule has 2 aliphatic heterocycles. The van der Waals surface area contributed by atoms with E-state index >= 15 is 0 Å². The van der Waals surface area contributed by atoms with Crippen molar-refractivity contribution in [2.45, 2.75) is 51.6 Å². The van der Waals surface area contributed by atoms with Crippen LogP contribution in [0.25, 0.3) is 0 Å². The lowest BCUT2D eigenvalue weighted by molar-refractivity contribution is -0.119. The fourth-order valence-corrected chi connectivity index (χ4v) is 2.91. The molecule has 21 heavy (non-hydrogen) atoms. The van der Waals surface area contributed by atoms with Gasteiger partial charge < -0.3 is 16.0 Å². The molecule has 1 amide bonds. The Bertz CT molecular complexity index is 604. The van der Waals surface area contributed by atoms with E-state index in [1.807, 2.05) is 19.9 Å². The van der Waals surface area contributed by atoms with Gasteiger partial charge in [0.1, 0.15) is 0 Å². The largest absolute Gasteiger partial charge is 0.363 e. The molecule has 4 heteroatoms. The summed E-state index contributed by atoms with van der Waals surface area (Å²) in [7, 11) is 0. The zero-order valence-corrected chi connectivity index (χ0v) is 12.9. The van der Waals surface area contributed by atoms with E-state index in [0.29, 0.717) is 0 Å². The van der Waals surface area contributed by atoms with Gasteiger partial charge in [0.05, 0.1) is 23.0 Å². The molecule has 0 aliphatic carbocycles. The summed E-state index contributed by atoms with van der Waals surface area (Å²) < 4.78 is 0. The fraction of sp³-hybridized carbons (Fsp3) is 0.471. The first-order valence-electron chi connectivity index (χ1n) is 7.70. The summed E-state index contributed by atoms with van der Waals surface area (Å²) in [6.45, 7) is 6.12. The number of rotatable bonds is 4. The molecule has 1 aromatic rings. The van der Waals surface area contributed by atoms with Crippen molar-refractivity contribution in [3.05, 3.63) is 29.8 Å². The lowest BCUT2D eigenvalue weighted by Crippen LogP contribution is -2.27. The van der Waals surface area contributed by atoms with Crippen molar-refractivity contribution in [2.24, 2.45) is 0 Å². The average molecular weight is 285 g/mol. The lowest BCUT2D eigenvalue weighted by atomic mass is 9.86. The SMILES string of the molecule is CCCC=CCC1Nc2cc3c(cc2N1)C(C)(C)C(=O)N3. The molecule has 0 saturated carbocycles. The molecule has 0 spiro atoms. The van der Waals surface area contributed by atoms with E-state index in [0.717, 1.165) is 35.5 Å². The Morgan fingerprint density at radius 3 is 2.57 bits per heavy atom. The lowest BCUT2D eigenvalue weighted by Gasteiger charge is -2.15. The van der Waals surface area contributed by atoms with Crippen molar-refractivity contribution in [3.8, 4) is 0 Å². The van der Waals surface area contributed by atoms with Crippen LogP contribution in [0.15, 0.2) is 24.3 Å². The Labute approximate surface area is 126 Å². The van der Waals surface area contributed by atoms with E-state index in [-0.39, 0.29) is 12.1 Å². The van der Waals surface area contributed by atoms with Gasteiger partial charge in [-0.2, -0.15) is 0 Å². The van der Waals surface area contributed by atoms with Gasteiger partial charge in [0.2, 0.25) is 5.91 Å². The number of carbonyl (C=O) groups excluding carboxylic acids is 1. The number of carbonyl (C=O) groups is 1. The van der Waals surface area contributed by atoms with Crippen LogP contribution in [-0.2, 0) is 10.2 Å². The maximum absolute atomic E-state index is 12.0. The molecule has 2 aliphatic rings. The first-order chi connectivity index (χ1) is 10.0. The minimum absolute atomic E-state index is 0.0697. The highest BCUT2D eigenvalue weighted by Crippen LogP contribution is 2.43. The van der Waals surface area contributed by atoms with E-state index in [2.05, 4.69) is 41.1 Å². The van der Waals surface area contributed by atoms with Crippen LogP contribution in [0.2, 0.25) is 0 Å². The first kappa shape index (κ1) is 14.0. The standard InChI is InChI=1S/C17H23N3O/c1-4-5-6-7-8-15-18-13-9-11-12(10-14(13)19-15)20-16(21)17(11,2)3/h6-7,9-10,15,18-19H,4-5,8H2,1-3H3,(H,20,21). The van der Waals surface area contributed by atoms with Crippen molar-refractivity contribution in [2.75, 3.05) is 16.0 Å². The third-order valence-electron chi connectivity index (χ3n) is 4.30. The number of allylic oxidation sites excluding steroid dienone is 1. The third-order valence-corrected chi connectivity index (χ3v) is 4.30. The van der Waals surface area contributed by atoms with Crippen LogP contribution < -0.4 is 16.0 Å². The van der Waals surface area contributed by atoms with E-state index in [1.165, 1.54) is 6.42 Å². The van der Waals surface area contributed by atoms with Gasteiger partial charge in [-0.1, -0.05) is 25.5 Å². The molecule has 0 saturated heterocycles. The van der Waals surface area contributed by atoms with E-state index in [9.17, 15) is 4.79 Å². The summed E-state index contributed by atoms with van der Waals surface area (Å²) in [4.78, 5) is 12.0. The van der Waals surface area contributed by atoms with Crippen LogP contribution in [0, 0.1) is 0 Å². The highest BCUT2D eigenvalue weighted by molar-refractivity contribution is 6.07. The van der Waals surface area contributed by atoms with Crippen LogP contribution >= 0.6 is 0 Å². The van der Waals surface area contributed by atoms with Crippen molar-refractivity contribution in [1.82, 2.24) is 0 Å². The topological polar surface area (TPSA) is 53.2 Å². The normalized spacial score (nSPS) is 21.7. The first-order valence-corrected chi connectivity index (χ1v) is 7.70. The van der Waals surface area contributed by atoms with Gasteiger partial charge in [-0.15, -0.1) is 0 Å². The summed E-state index contributed by atoms with van der Waals surface area (Å²) in [5.41, 5.74) is 3.71. The number of amides is 1. The molecule has 1 aromatic carbocycles. The summed E-state index contributed by atoms with van der Waals surface area (Å²) in [6, 6.07) is 4.14. The average Bonchev–Trinajstić information content (AvgIpc) is 2.92. The van der Waals surface area contributed by atoms with Gasteiger partial charge in [0.15, 0.2) is 0 Å². The van der Waals surface area contributed by atoms with Gasteiger partial charge in [0.25, 0.3) is 0 Å². The van der Waals surface area contributed by atoms with Gasteiger partial charge in [0, 0.05) is 12.1 Å². The molecule has 1 atom stereocenters. The molecule has 1 unspecified atom stereocenters. The highest BCUT2D eigenvalue weighted by atomic mass is 16.2. The van der Waals surface area contributed by atoms with Crippen LogP contribution in [0.1, 0.15) is 45.6 Å². The number of anilines is 3. The van der Waals surface area contributed by atoms with E-state index < -0.39 is 5.41 Å². The smallest absolute Gasteiger partial charge is 0.234 e. The molecule has 2 heterocycles. The maximum atomic E-state index is 12.0. The quantitative estimate of drug-likeness (QED) is 0.737. The zero-order valence-electron chi connectivity index (χ0n) is 12.9. The number of nitrogens with one attached hydrogen (secondary N) is 3. The van der Waals surface area contributed by atoms with Crippen LogP contribution in [-0.4, -0.2) is 12.1 Å². The van der Waals surface area contributed by atoms with Crippen LogP contribution in [0.5, 0.6) is 0 Å². The van der Waals surface area contributed by atoms with Crippen molar-refractivity contribution in [3.63, 3.8) is 0 Å². The number of hydrogen-bond donors (Lipinski definition) is 3. The fourth-order valence-electron chi connectivity index (χ4n) is 2.91. The molecule has 3 rings (SSSR count). The number of hydrogen-bond acceptors (Lipinski definition) is 3. The van der Waals surface area contributed by atoms with Gasteiger partial charge in [-0.25, -0.2) is 0 Å². The second-order valence-corrected chi connectivity index (χ2v) is 6.36. The summed E-state index contributed by atoms with van der Waals surface area (Å²) in [5, 5.41) is 9.93. The van der Waals surface area contributed by atoms with E-state index in [1.54, 1.807) is 0 Å². The zero-order chi connectivity index (χ0) is 15.0. The molecule has 0 bridgehead atoms. The Balaban J connectivity index is 1.76. The van der Waals surface area contributed by atoms with Gasteiger partial charge in [-0.05, 0) is 38.0 Å². The Kier molecular flexibility index (Phi) is 3.40. The number of fused-ring (bicyclic) bond motifs is 2. The molecular formula is C17H23N3O. The molecule has 4 nitrogen and oxygen atoms in total. The summed E-state index contributed by atoms with van der Waals surface area (Å²) in [5.74, 6) is 0.0697. The maximum Gasteiger partial charge on any atom is 0.234 e. The molecule has 0 aromatic heterocycles. The van der Waals surface area contributed by atoms with Gasteiger partial charge in [-0.3, -0.25) is 4.79 Å². The predicted molar refractivity (Wildman–Crippen MR) is 87.8 cm³/mol. The Morgan fingerprint density at radius 1 is 1.14 bits per heavy atom. The summed E-state index contributed by atoms with van der Waals surface area (Å²) >= 11 is 0. The predicted octanol–water partition coefficient (Wildman–Crippen LogP) is 3.83. The minimum atomic E-state index is -0.453. The van der Waals surface area contributed by atoms with Crippen LogP contribution in [0.4, 0.5) is 17.1 Å². The Morgan fingerprint density at radius 2 is 1.86 bits per heavy atom. The van der Waals surface area contributed by atoms with Crippen molar-refractivity contribution >= 4 is 23.0 Å². The monoisotopic (exact) mass is 285 g/mol. The number of benzene rings is 1. The van der Waals surface area contributed by atoms with Crippen molar-refractivity contribution in [1.29, 1.82) is 0 Å². The molecule has 0 radical (unpaired) electrons. The summed E-state index contributed by atoms with van der Waals surface area (Å²) in [6.07, 6.45) is 7.96. The molecule has 0 fully saturated rings. The highest BCUT2D eigenvalue weighted by Gasteiger charge is 2.39. The van der Waals surface area contributed by atoms with E-state index in [4.69, 9.17) is 0 Å². The second kappa shape index (κ2) is 5.10. The van der Waals surface area contributed by atoms with Gasteiger partial charge >= 0.3 is 0 Å². The minimum Gasteiger partial charge on any atom is -0.363 e. The van der Waals surface area contributed by atoms with Crippen LogP contribution in [0.3, 0.4) is 0 Å². The third kappa shape index (κ3) is 2.39. The molecular weight excluding hydrogens is 262 g/mol. The second-order valence-electron chi connectivity index (χ2n) is 6.36.